The second kappa shape index (κ2) is 8.19. The van der Waals surface area contributed by atoms with E-state index < -0.39 is 0 Å². The summed E-state index contributed by atoms with van der Waals surface area (Å²) in [4.78, 5) is 23.0. The Labute approximate surface area is 119 Å². The zero-order chi connectivity index (χ0) is 15.0. The van der Waals surface area contributed by atoms with Gasteiger partial charge in [0.05, 0.1) is 13.5 Å². The van der Waals surface area contributed by atoms with Crippen molar-refractivity contribution in [2.75, 3.05) is 20.2 Å². The van der Waals surface area contributed by atoms with Gasteiger partial charge in [0.15, 0.2) is 0 Å². The third-order valence-electron chi connectivity index (χ3n) is 2.77. The number of hydrogen-bond donors (Lipinski definition) is 2. The summed E-state index contributed by atoms with van der Waals surface area (Å²) in [6.45, 7) is 4.54. The number of hydrogen-bond acceptors (Lipinski definition) is 3. The van der Waals surface area contributed by atoms with Crippen LogP contribution >= 0.6 is 0 Å². The molecule has 0 aliphatic rings. The lowest BCUT2D eigenvalue weighted by Crippen LogP contribution is -2.36. The summed E-state index contributed by atoms with van der Waals surface area (Å²) < 4.78 is 5.10. The summed E-state index contributed by atoms with van der Waals surface area (Å²) in [5.74, 6) is 0.617. The molecule has 0 aliphatic carbocycles. The highest BCUT2D eigenvalue weighted by Gasteiger charge is 2.06. The van der Waals surface area contributed by atoms with Crippen LogP contribution < -0.4 is 15.4 Å². The molecule has 1 aromatic carbocycles. The first kappa shape index (κ1) is 16.0. The van der Waals surface area contributed by atoms with Crippen LogP contribution in [0, 0.1) is 5.92 Å². The van der Waals surface area contributed by atoms with Gasteiger partial charge in [-0.1, -0.05) is 26.0 Å². The number of nitrogens with one attached hydrogen (secondary N) is 2. The van der Waals surface area contributed by atoms with Gasteiger partial charge >= 0.3 is 0 Å². The highest BCUT2D eigenvalue weighted by atomic mass is 16.5. The highest BCUT2D eigenvalue weighted by Crippen LogP contribution is 2.12. The van der Waals surface area contributed by atoms with Crippen molar-refractivity contribution in [2.45, 2.75) is 20.3 Å². The minimum atomic E-state index is -0.0722. The van der Waals surface area contributed by atoms with Gasteiger partial charge in [-0.3, -0.25) is 9.59 Å². The molecule has 0 heterocycles. The van der Waals surface area contributed by atoms with E-state index in [1.807, 2.05) is 38.1 Å². The molecule has 0 spiro atoms. The maximum atomic E-state index is 11.7. The fourth-order valence-corrected chi connectivity index (χ4v) is 1.62. The van der Waals surface area contributed by atoms with Crippen molar-refractivity contribution in [3.8, 4) is 5.75 Å². The normalized spacial score (nSPS) is 10.2. The molecule has 5 heteroatoms. The van der Waals surface area contributed by atoms with Crippen molar-refractivity contribution >= 4 is 11.8 Å². The highest BCUT2D eigenvalue weighted by molar-refractivity contribution is 5.79. The number of carbonyl (C=O) groups excluding carboxylic acids is 2. The first-order valence-corrected chi connectivity index (χ1v) is 6.70. The maximum Gasteiger partial charge on any atom is 0.224 e. The van der Waals surface area contributed by atoms with Crippen molar-refractivity contribution in [2.24, 2.45) is 5.92 Å². The molecule has 0 fully saturated rings. The third-order valence-corrected chi connectivity index (χ3v) is 2.77. The van der Waals surface area contributed by atoms with Crippen LogP contribution in [-0.4, -0.2) is 32.0 Å². The summed E-state index contributed by atoms with van der Waals surface area (Å²) in [6.07, 6.45) is 0.301. The summed E-state index contributed by atoms with van der Waals surface area (Å²) in [5.41, 5.74) is 0.896. The summed E-state index contributed by atoms with van der Waals surface area (Å²) in [5, 5.41) is 5.51. The van der Waals surface area contributed by atoms with Crippen LogP contribution in [0.4, 0.5) is 0 Å². The van der Waals surface area contributed by atoms with E-state index in [4.69, 9.17) is 4.74 Å². The molecule has 110 valence electrons. The molecule has 0 saturated heterocycles. The molecule has 0 aromatic heterocycles. The molecule has 20 heavy (non-hydrogen) atoms. The first-order chi connectivity index (χ1) is 9.52. The van der Waals surface area contributed by atoms with Crippen molar-refractivity contribution in [3.63, 3.8) is 0 Å². The van der Waals surface area contributed by atoms with Crippen molar-refractivity contribution in [3.05, 3.63) is 29.8 Å². The standard InChI is InChI=1S/C15H22N2O3/c1-11(2)15(19)17-8-7-16-14(18)10-12-5-4-6-13(9-12)20-3/h4-6,9,11H,7-8,10H2,1-3H3,(H,16,18)(H,17,19). The molecule has 0 atom stereocenters. The summed E-state index contributed by atoms with van der Waals surface area (Å²) in [7, 11) is 1.59. The van der Waals surface area contributed by atoms with Crippen LogP contribution in [0.1, 0.15) is 19.4 Å². The van der Waals surface area contributed by atoms with Crippen LogP contribution in [0.5, 0.6) is 5.75 Å². The molecular weight excluding hydrogens is 256 g/mol. The second-order valence-electron chi connectivity index (χ2n) is 4.82. The monoisotopic (exact) mass is 278 g/mol. The third kappa shape index (κ3) is 5.73. The predicted octanol–water partition coefficient (Wildman–Crippen LogP) is 1.13. The van der Waals surface area contributed by atoms with Gasteiger partial charge in [-0.25, -0.2) is 0 Å². The average Bonchev–Trinajstić information content (AvgIpc) is 2.43. The molecular formula is C15H22N2O3. The largest absolute Gasteiger partial charge is 0.497 e. The number of ether oxygens (including phenoxy) is 1. The Balaban J connectivity index is 2.28. The van der Waals surface area contributed by atoms with E-state index in [0.29, 0.717) is 19.5 Å². The Morgan fingerprint density at radius 1 is 1.20 bits per heavy atom. The fraction of sp³-hybridized carbons (Fsp3) is 0.467. The van der Waals surface area contributed by atoms with E-state index in [1.165, 1.54) is 0 Å². The van der Waals surface area contributed by atoms with Gasteiger partial charge in [-0.05, 0) is 17.7 Å². The number of amides is 2. The average molecular weight is 278 g/mol. The van der Waals surface area contributed by atoms with Crippen LogP contribution in [0.25, 0.3) is 0 Å². The zero-order valence-corrected chi connectivity index (χ0v) is 12.2. The molecule has 0 saturated carbocycles. The van der Waals surface area contributed by atoms with E-state index in [2.05, 4.69) is 10.6 Å². The molecule has 5 nitrogen and oxygen atoms in total. The van der Waals surface area contributed by atoms with Gasteiger partial charge in [0.25, 0.3) is 0 Å². The molecule has 1 rings (SSSR count). The fourth-order valence-electron chi connectivity index (χ4n) is 1.62. The number of benzene rings is 1. The molecule has 2 amide bonds. The predicted molar refractivity (Wildman–Crippen MR) is 77.6 cm³/mol. The van der Waals surface area contributed by atoms with E-state index in [1.54, 1.807) is 7.11 Å². The van der Waals surface area contributed by atoms with Gasteiger partial charge in [0, 0.05) is 19.0 Å². The van der Waals surface area contributed by atoms with Crippen molar-refractivity contribution in [1.82, 2.24) is 10.6 Å². The van der Waals surface area contributed by atoms with Gasteiger partial charge in [0.2, 0.25) is 11.8 Å². The second-order valence-corrected chi connectivity index (χ2v) is 4.82. The Bertz CT molecular complexity index is 458. The number of methoxy groups -OCH3 is 1. The van der Waals surface area contributed by atoms with Gasteiger partial charge in [-0.15, -0.1) is 0 Å². The lowest BCUT2D eigenvalue weighted by molar-refractivity contribution is -0.124. The molecule has 2 N–H and O–H groups in total. The number of rotatable bonds is 7. The van der Waals surface area contributed by atoms with Gasteiger partial charge < -0.3 is 15.4 Å². The van der Waals surface area contributed by atoms with Crippen LogP contribution in [0.15, 0.2) is 24.3 Å². The van der Waals surface area contributed by atoms with Gasteiger partial charge in [-0.2, -0.15) is 0 Å². The molecule has 0 unspecified atom stereocenters. The lowest BCUT2D eigenvalue weighted by atomic mass is 10.1. The first-order valence-electron chi connectivity index (χ1n) is 6.70. The zero-order valence-electron chi connectivity index (χ0n) is 12.2. The van der Waals surface area contributed by atoms with Gasteiger partial charge in [0.1, 0.15) is 5.75 Å². The van der Waals surface area contributed by atoms with E-state index in [9.17, 15) is 9.59 Å². The topological polar surface area (TPSA) is 67.4 Å². The van der Waals surface area contributed by atoms with Crippen LogP contribution in [-0.2, 0) is 16.0 Å². The summed E-state index contributed by atoms with van der Waals surface area (Å²) in [6, 6.07) is 7.40. The quantitative estimate of drug-likeness (QED) is 0.735. The van der Waals surface area contributed by atoms with Crippen LogP contribution in [0.3, 0.4) is 0 Å². The molecule has 0 radical (unpaired) electrons. The Morgan fingerprint density at radius 2 is 1.90 bits per heavy atom. The lowest BCUT2D eigenvalue weighted by Gasteiger charge is -2.09. The summed E-state index contributed by atoms with van der Waals surface area (Å²) >= 11 is 0. The number of carbonyl (C=O) groups is 2. The molecule has 0 aliphatic heterocycles. The smallest absolute Gasteiger partial charge is 0.224 e. The van der Waals surface area contributed by atoms with Crippen molar-refractivity contribution in [1.29, 1.82) is 0 Å². The Kier molecular flexibility index (Phi) is 6.56. The van der Waals surface area contributed by atoms with E-state index in [-0.39, 0.29) is 17.7 Å². The van der Waals surface area contributed by atoms with E-state index in [0.717, 1.165) is 11.3 Å². The Hall–Kier alpha value is -2.04. The minimum absolute atomic E-state index is 0.00737. The minimum Gasteiger partial charge on any atom is -0.497 e. The SMILES string of the molecule is COc1cccc(CC(=O)NCCNC(=O)C(C)C)c1. The molecule has 0 bridgehead atoms. The molecule has 1 aromatic rings. The van der Waals surface area contributed by atoms with E-state index >= 15 is 0 Å². The maximum absolute atomic E-state index is 11.7. The van der Waals surface area contributed by atoms with Crippen molar-refractivity contribution < 1.29 is 14.3 Å². The Morgan fingerprint density at radius 3 is 2.55 bits per heavy atom. The van der Waals surface area contributed by atoms with Crippen LogP contribution in [0.2, 0.25) is 0 Å².